The number of allylic oxidation sites excluding steroid dienone is 6. The Labute approximate surface area is 576 Å². The van der Waals surface area contributed by atoms with E-state index in [0.717, 1.165) is 51.4 Å². The standard InChI is InChI=1S/C86H165NO5/c1-3-5-7-9-11-13-15-17-18-19-20-21-39-42-45-48-51-55-58-62-66-70-74-78-84(89)83(82-88)87-85(90)79-75-71-67-63-59-56-52-49-46-43-40-37-35-33-31-29-27-25-23-22-24-26-28-30-32-34-36-38-41-44-47-50-53-57-61-65-69-73-77-81-92-86(91)80-76-72-68-64-60-54-16-14-12-10-8-6-4-2/h14,16,22-23,26,28,83-84,88-89H,3-13,15,17-21,24-25,27,29-82H2,1-2H3,(H,87,90)/b16-14-,23-22-,28-26-. The highest BCUT2D eigenvalue weighted by Crippen LogP contribution is 2.20. The Morgan fingerprint density at radius 1 is 0.304 bits per heavy atom. The molecule has 0 spiro atoms. The van der Waals surface area contributed by atoms with E-state index in [1.54, 1.807) is 0 Å². The van der Waals surface area contributed by atoms with Gasteiger partial charge in [0.25, 0.3) is 0 Å². The number of carbonyl (C=O) groups is 2. The molecule has 3 N–H and O–H groups in total. The van der Waals surface area contributed by atoms with Gasteiger partial charge in [0.1, 0.15) is 0 Å². The Hall–Kier alpha value is -1.92. The van der Waals surface area contributed by atoms with Gasteiger partial charge in [-0.1, -0.05) is 416 Å². The quantitative estimate of drug-likeness (QED) is 0.0320. The van der Waals surface area contributed by atoms with Gasteiger partial charge in [-0.15, -0.1) is 0 Å². The summed E-state index contributed by atoms with van der Waals surface area (Å²) in [5.74, 6) is -0.0144. The molecule has 0 saturated heterocycles. The highest BCUT2D eigenvalue weighted by Gasteiger charge is 2.20. The minimum atomic E-state index is -0.664. The van der Waals surface area contributed by atoms with Crippen molar-refractivity contribution in [1.82, 2.24) is 5.32 Å². The predicted octanol–water partition coefficient (Wildman–Crippen LogP) is 28.2. The van der Waals surface area contributed by atoms with Crippen molar-refractivity contribution in [2.24, 2.45) is 0 Å². The predicted molar refractivity (Wildman–Crippen MR) is 407 cm³/mol. The van der Waals surface area contributed by atoms with Gasteiger partial charge in [-0.05, 0) is 83.5 Å². The fourth-order valence-corrected chi connectivity index (χ4v) is 13.5. The van der Waals surface area contributed by atoms with Gasteiger partial charge in [-0.25, -0.2) is 0 Å². The van der Waals surface area contributed by atoms with E-state index in [2.05, 4.69) is 55.6 Å². The average molecular weight is 1290 g/mol. The number of hydrogen-bond donors (Lipinski definition) is 3. The van der Waals surface area contributed by atoms with E-state index < -0.39 is 12.1 Å². The number of esters is 1. The molecule has 0 aliphatic carbocycles. The lowest BCUT2D eigenvalue weighted by molar-refractivity contribution is -0.143. The molecule has 0 aromatic heterocycles. The maximum atomic E-state index is 12.6. The average Bonchev–Trinajstić information content (AvgIpc) is 3.48. The number of ether oxygens (including phenoxy) is 1. The van der Waals surface area contributed by atoms with Crippen LogP contribution in [0.25, 0.3) is 0 Å². The van der Waals surface area contributed by atoms with Crippen LogP contribution in [-0.2, 0) is 14.3 Å². The molecule has 0 fully saturated rings. The first-order chi connectivity index (χ1) is 45.5. The summed E-state index contributed by atoms with van der Waals surface area (Å²) in [5, 5.41) is 23.5. The maximum Gasteiger partial charge on any atom is 0.305 e. The van der Waals surface area contributed by atoms with Gasteiger partial charge >= 0.3 is 5.97 Å². The van der Waals surface area contributed by atoms with Crippen LogP contribution in [0.3, 0.4) is 0 Å². The molecule has 0 aliphatic heterocycles. The Kier molecular flexibility index (Phi) is 79.8. The smallest absolute Gasteiger partial charge is 0.305 e. The molecule has 0 aliphatic rings. The molecule has 0 aromatic carbocycles. The van der Waals surface area contributed by atoms with Crippen molar-refractivity contribution in [1.29, 1.82) is 0 Å². The Balaban J connectivity index is 3.36. The first-order valence-corrected chi connectivity index (χ1v) is 42.2. The van der Waals surface area contributed by atoms with E-state index in [1.165, 1.54) is 392 Å². The number of aliphatic hydroxyl groups is 2. The van der Waals surface area contributed by atoms with Crippen molar-refractivity contribution >= 4 is 11.9 Å². The molecule has 2 atom stereocenters. The summed E-state index contributed by atoms with van der Waals surface area (Å²) in [7, 11) is 0. The lowest BCUT2D eigenvalue weighted by Crippen LogP contribution is -2.45. The number of amides is 1. The Morgan fingerprint density at radius 3 is 0.848 bits per heavy atom. The molecular formula is C86H165NO5. The molecule has 0 saturated carbocycles. The second-order valence-corrected chi connectivity index (χ2v) is 29.2. The van der Waals surface area contributed by atoms with Crippen LogP contribution in [0.1, 0.15) is 476 Å². The van der Waals surface area contributed by atoms with Gasteiger partial charge in [-0.2, -0.15) is 0 Å². The van der Waals surface area contributed by atoms with Crippen molar-refractivity contribution in [2.75, 3.05) is 13.2 Å². The van der Waals surface area contributed by atoms with Crippen LogP contribution in [-0.4, -0.2) is 47.4 Å². The summed E-state index contributed by atoms with van der Waals surface area (Å²) in [4.78, 5) is 24.6. The zero-order valence-electron chi connectivity index (χ0n) is 62.6. The van der Waals surface area contributed by atoms with Crippen LogP contribution in [0.15, 0.2) is 36.5 Å². The minimum absolute atomic E-state index is 0.0117. The molecule has 6 heteroatoms. The summed E-state index contributed by atoms with van der Waals surface area (Å²) in [6, 6.07) is -0.541. The number of rotatable bonds is 80. The SMILES string of the molecule is CCCCCC/C=C\CCCCCCCC(=O)OCCCCCCCCCCCCCCCCC/C=C\C/C=C\CCCCCCCCCCCCCCCCCCCC(=O)NC(CO)C(O)CCCCCCCCCCCCCCCCCCCCCCCCC. The number of carbonyl (C=O) groups excluding carboxylic acids is 2. The molecular weight excluding hydrogens is 1130 g/mol. The summed E-state index contributed by atoms with van der Waals surface area (Å²) in [6.07, 6.45) is 107. The first-order valence-electron chi connectivity index (χ1n) is 42.2. The second-order valence-electron chi connectivity index (χ2n) is 29.2. The van der Waals surface area contributed by atoms with Crippen molar-refractivity contribution < 1.29 is 24.5 Å². The van der Waals surface area contributed by atoms with E-state index >= 15 is 0 Å². The van der Waals surface area contributed by atoms with E-state index in [0.29, 0.717) is 25.9 Å². The van der Waals surface area contributed by atoms with Gasteiger partial charge in [0, 0.05) is 12.8 Å². The molecule has 0 heterocycles. The largest absolute Gasteiger partial charge is 0.466 e. The van der Waals surface area contributed by atoms with E-state index in [9.17, 15) is 19.8 Å². The topological polar surface area (TPSA) is 95.9 Å². The summed E-state index contributed by atoms with van der Waals surface area (Å²) < 4.78 is 5.49. The number of aliphatic hydroxyl groups excluding tert-OH is 2. The molecule has 2 unspecified atom stereocenters. The Bertz CT molecular complexity index is 1490. The molecule has 1 amide bonds. The summed E-state index contributed by atoms with van der Waals surface area (Å²) in [6.45, 7) is 4.99. The fraction of sp³-hybridized carbons (Fsp3) is 0.907. The highest BCUT2D eigenvalue weighted by atomic mass is 16.5. The van der Waals surface area contributed by atoms with E-state index in [4.69, 9.17) is 4.74 Å². The molecule has 0 rings (SSSR count). The molecule has 92 heavy (non-hydrogen) atoms. The zero-order valence-corrected chi connectivity index (χ0v) is 62.6. The summed E-state index contributed by atoms with van der Waals surface area (Å²) >= 11 is 0. The van der Waals surface area contributed by atoms with Crippen molar-refractivity contribution in [3.63, 3.8) is 0 Å². The number of hydrogen-bond acceptors (Lipinski definition) is 5. The van der Waals surface area contributed by atoms with Crippen LogP contribution >= 0.6 is 0 Å². The second kappa shape index (κ2) is 81.5. The molecule has 0 bridgehead atoms. The lowest BCUT2D eigenvalue weighted by atomic mass is 10.0. The normalized spacial score (nSPS) is 12.6. The third kappa shape index (κ3) is 77.1. The molecule has 0 aromatic rings. The third-order valence-corrected chi connectivity index (χ3v) is 19.9. The van der Waals surface area contributed by atoms with E-state index in [1.807, 2.05) is 0 Å². The number of unbranched alkanes of at least 4 members (excludes halogenated alkanes) is 63. The van der Waals surface area contributed by atoms with Crippen molar-refractivity contribution in [3.05, 3.63) is 36.5 Å². The molecule has 0 radical (unpaired) electrons. The van der Waals surface area contributed by atoms with Gasteiger partial charge in [0.05, 0.1) is 25.4 Å². The maximum absolute atomic E-state index is 12.6. The summed E-state index contributed by atoms with van der Waals surface area (Å²) in [5.41, 5.74) is 0. The van der Waals surface area contributed by atoms with Gasteiger partial charge in [0.2, 0.25) is 5.91 Å². The zero-order chi connectivity index (χ0) is 66.3. The van der Waals surface area contributed by atoms with E-state index in [-0.39, 0.29) is 18.5 Å². The lowest BCUT2D eigenvalue weighted by Gasteiger charge is -2.22. The van der Waals surface area contributed by atoms with Crippen LogP contribution in [0, 0.1) is 0 Å². The Morgan fingerprint density at radius 2 is 0.543 bits per heavy atom. The van der Waals surface area contributed by atoms with Crippen molar-refractivity contribution in [2.45, 2.75) is 488 Å². The number of nitrogens with one attached hydrogen (secondary N) is 1. The van der Waals surface area contributed by atoms with Crippen LogP contribution < -0.4 is 5.32 Å². The van der Waals surface area contributed by atoms with Gasteiger partial charge in [0.15, 0.2) is 0 Å². The molecule has 544 valence electrons. The minimum Gasteiger partial charge on any atom is -0.466 e. The van der Waals surface area contributed by atoms with Crippen LogP contribution in [0.2, 0.25) is 0 Å². The molecule has 6 nitrogen and oxygen atoms in total. The van der Waals surface area contributed by atoms with Crippen LogP contribution in [0.4, 0.5) is 0 Å². The third-order valence-electron chi connectivity index (χ3n) is 19.9. The van der Waals surface area contributed by atoms with Gasteiger partial charge < -0.3 is 20.3 Å². The monoisotopic (exact) mass is 1290 g/mol. The highest BCUT2D eigenvalue weighted by molar-refractivity contribution is 5.76. The van der Waals surface area contributed by atoms with Crippen molar-refractivity contribution in [3.8, 4) is 0 Å². The first kappa shape index (κ1) is 90.1. The van der Waals surface area contributed by atoms with Gasteiger partial charge in [-0.3, -0.25) is 9.59 Å². The van der Waals surface area contributed by atoms with Crippen LogP contribution in [0.5, 0.6) is 0 Å². The fourth-order valence-electron chi connectivity index (χ4n) is 13.5.